The van der Waals surface area contributed by atoms with Gasteiger partial charge in [0.2, 0.25) is 0 Å². The van der Waals surface area contributed by atoms with Gasteiger partial charge in [0.05, 0.1) is 33.1 Å². The molecule has 65 heavy (non-hydrogen) atoms. The molecule has 0 saturated heterocycles. The molecule has 0 spiro atoms. The van der Waals surface area contributed by atoms with Crippen LogP contribution in [0.4, 0.5) is 0 Å². The molecule has 0 amide bonds. The first-order valence-electron chi connectivity index (χ1n) is 22.0. The molecule has 10 aromatic carbocycles. The minimum absolute atomic E-state index is 0.794. The topological polar surface area (TPSA) is 33.2 Å². The Labute approximate surface area is 374 Å². The van der Waals surface area contributed by atoms with Crippen molar-refractivity contribution in [1.29, 1.82) is 0 Å². The van der Waals surface area contributed by atoms with Crippen molar-refractivity contribution in [3.8, 4) is 51.2 Å². The summed E-state index contributed by atoms with van der Waals surface area (Å²) in [4.78, 5) is 0. The van der Waals surface area contributed by atoms with E-state index in [1.807, 2.05) is 60.7 Å². The monoisotopic (exact) mass is 833 g/mol. The van der Waals surface area contributed by atoms with Gasteiger partial charge in [-0.1, -0.05) is 121 Å². The second-order valence-corrected chi connectivity index (χ2v) is 16.5. The number of hydrogen-bond acceptors (Lipinski definition) is 2. The van der Waals surface area contributed by atoms with E-state index in [0.717, 1.165) is 100 Å². The van der Waals surface area contributed by atoms with Gasteiger partial charge < -0.3 is 23.2 Å². The standard InChI is InChI=1S/C60H39N3O2/c1-5-15-42(16-6-1)61-55-24-14-13-23-49(55)50-32-27-44(37-60(50)61)63-57-34-29-48(65-46-21-11-4-12-22-46)39-54(57)52-31-26-41(36-59(52)63)40-25-30-51-53-38-47(64-45-19-9-3-10-20-45)28-33-56(53)62(58(51)35-40)43-17-7-2-8-18-43/h1-39H. The van der Waals surface area contributed by atoms with E-state index in [-0.39, 0.29) is 0 Å². The molecule has 13 rings (SSSR count). The summed E-state index contributed by atoms with van der Waals surface area (Å²) < 4.78 is 19.9. The third kappa shape index (κ3) is 6.16. The van der Waals surface area contributed by atoms with Crippen LogP contribution in [0.5, 0.6) is 23.0 Å². The van der Waals surface area contributed by atoms with Gasteiger partial charge in [0.15, 0.2) is 0 Å². The number of aromatic nitrogens is 3. The molecule has 0 bridgehead atoms. The summed E-state index contributed by atoms with van der Waals surface area (Å²) in [5.41, 5.74) is 12.4. The Morgan fingerprint density at radius 1 is 0.215 bits per heavy atom. The van der Waals surface area contributed by atoms with Gasteiger partial charge in [-0.3, -0.25) is 0 Å². The van der Waals surface area contributed by atoms with Gasteiger partial charge in [0.1, 0.15) is 23.0 Å². The van der Waals surface area contributed by atoms with Gasteiger partial charge in [-0.25, -0.2) is 0 Å². The minimum atomic E-state index is 0.794. The van der Waals surface area contributed by atoms with E-state index in [9.17, 15) is 0 Å². The molecule has 0 fully saturated rings. The highest BCUT2D eigenvalue weighted by Gasteiger charge is 2.20. The van der Waals surface area contributed by atoms with Gasteiger partial charge in [-0.2, -0.15) is 0 Å². The van der Waals surface area contributed by atoms with E-state index in [1.165, 1.54) is 16.3 Å². The van der Waals surface area contributed by atoms with E-state index in [1.54, 1.807) is 0 Å². The summed E-state index contributed by atoms with van der Waals surface area (Å²) in [5.74, 6) is 3.22. The smallest absolute Gasteiger partial charge is 0.128 e. The van der Waals surface area contributed by atoms with Crippen molar-refractivity contribution in [3.63, 3.8) is 0 Å². The maximum absolute atomic E-state index is 6.43. The van der Waals surface area contributed by atoms with E-state index in [0.29, 0.717) is 0 Å². The molecule has 306 valence electrons. The van der Waals surface area contributed by atoms with Gasteiger partial charge in [-0.05, 0) is 126 Å². The fourth-order valence-electron chi connectivity index (χ4n) is 9.82. The first-order chi connectivity index (χ1) is 32.2. The minimum Gasteiger partial charge on any atom is -0.457 e. The summed E-state index contributed by atoms with van der Waals surface area (Å²) in [7, 11) is 0. The molecule has 5 nitrogen and oxygen atoms in total. The highest BCUT2D eigenvalue weighted by molar-refractivity contribution is 6.14. The lowest BCUT2D eigenvalue weighted by Gasteiger charge is -2.12. The number of fused-ring (bicyclic) bond motifs is 9. The van der Waals surface area contributed by atoms with Crippen molar-refractivity contribution in [3.05, 3.63) is 237 Å². The van der Waals surface area contributed by atoms with Gasteiger partial charge in [-0.15, -0.1) is 0 Å². The lowest BCUT2D eigenvalue weighted by Crippen LogP contribution is -1.97. The Balaban J connectivity index is 1.02. The number of benzene rings is 10. The SMILES string of the molecule is c1ccc(Oc2ccc3c(c2)c2ccc(-c4ccc5c6cc(Oc7ccccc7)ccc6n(-c6ccc7c8ccccc8n(-c8ccccc8)c7c6)c5c4)cc2n3-c2ccccc2)cc1. The Morgan fingerprint density at radius 3 is 1.12 bits per heavy atom. The van der Waals surface area contributed by atoms with Crippen LogP contribution >= 0.6 is 0 Å². The fourth-order valence-corrected chi connectivity index (χ4v) is 9.82. The number of nitrogens with zero attached hydrogens (tertiary/aromatic N) is 3. The van der Waals surface area contributed by atoms with Crippen molar-refractivity contribution in [2.45, 2.75) is 0 Å². The van der Waals surface area contributed by atoms with Crippen molar-refractivity contribution in [1.82, 2.24) is 13.7 Å². The molecule has 0 unspecified atom stereocenters. The molecule has 3 heterocycles. The van der Waals surface area contributed by atoms with Crippen LogP contribution in [0, 0.1) is 0 Å². The zero-order chi connectivity index (χ0) is 42.8. The normalized spacial score (nSPS) is 11.7. The molecule has 0 saturated carbocycles. The summed E-state index contributed by atoms with van der Waals surface area (Å²) in [6.45, 7) is 0. The van der Waals surface area contributed by atoms with Crippen LogP contribution in [0.15, 0.2) is 237 Å². The Bertz CT molecular complexity index is 3920. The predicted molar refractivity (Wildman–Crippen MR) is 268 cm³/mol. The van der Waals surface area contributed by atoms with Crippen molar-refractivity contribution >= 4 is 65.4 Å². The van der Waals surface area contributed by atoms with Crippen molar-refractivity contribution in [2.24, 2.45) is 0 Å². The van der Waals surface area contributed by atoms with E-state index < -0.39 is 0 Å². The molecular weight excluding hydrogens is 795 g/mol. The maximum atomic E-state index is 6.43. The lowest BCUT2D eigenvalue weighted by molar-refractivity contribution is 0.483. The van der Waals surface area contributed by atoms with Crippen molar-refractivity contribution < 1.29 is 9.47 Å². The number of ether oxygens (including phenoxy) is 2. The van der Waals surface area contributed by atoms with Crippen LogP contribution in [0.1, 0.15) is 0 Å². The van der Waals surface area contributed by atoms with E-state index in [4.69, 9.17) is 9.47 Å². The van der Waals surface area contributed by atoms with E-state index in [2.05, 4.69) is 190 Å². The average Bonchev–Trinajstić information content (AvgIpc) is 3.99. The van der Waals surface area contributed by atoms with Crippen LogP contribution in [-0.4, -0.2) is 13.7 Å². The quantitative estimate of drug-likeness (QED) is 0.153. The largest absolute Gasteiger partial charge is 0.457 e. The van der Waals surface area contributed by atoms with Gasteiger partial charge in [0, 0.05) is 49.4 Å². The van der Waals surface area contributed by atoms with Crippen LogP contribution in [0.3, 0.4) is 0 Å². The molecule has 13 aromatic rings. The molecule has 5 heteroatoms. The second-order valence-electron chi connectivity index (χ2n) is 16.5. The third-order valence-electron chi connectivity index (χ3n) is 12.7. The van der Waals surface area contributed by atoms with Crippen LogP contribution in [0.2, 0.25) is 0 Å². The van der Waals surface area contributed by atoms with E-state index >= 15 is 0 Å². The summed E-state index contributed by atoms with van der Waals surface area (Å²) >= 11 is 0. The Morgan fingerprint density at radius 2 is 0.600 bits per heavy atom. The average molecular weight is 834 g/mol. The number of hydrogen-bond donors (Lipinski definition) is 0. The molecule has 0 N–H and O–H groups in total. The number of para-hydroxylation sites is 5. The number of rotatable bonds is 8. The highest BCUT2D eigenvalue weighted by atomic mass is 16.5. The molecule has 0 radical (unpaired) electrons. The molecule has 3 aromatic heterocycles. The first kappa shape index (κ1) is 36.8. The van der Waals surface area contributed by atoms with Crippen LogP contribution in [-0.2, 0) is 0 Å². The maximum Gasteiger partial charge on any atom is 0.128 e. The summed E-state index contributed by atoms with van der Waals surface area (Å²) in [6.07, 6.45) is 0. The molecular formula is C60H39N3O2. The predicted octanol–water partition coefficient (Wildman–Crippen LogP) is 16.2. The third-order valence-corrected chi connectivity index (χ3v) is 12.7. The van der Waals surface area contributed by atoms with Gasteiger partial charge in [0.25, 0.3) is 0 Å². The summed E-state index contributed by atoms with van der Waals surface area (Å²) in [5, 5.41) is 7.02. The summed E-state index contributed by atoms with van der Waals surface area (Å²) in [6, 6.07) is 83.5. The zero-order valence-electron chi connectivity index (χ0n) is 35.2. The molecule has 0 atom stereocenters. The zero-order valence-corrected chi connectivity index (χ0v) is 35.2. The van der Waals surface area contributed by atoms with Crippen LogP contribution < -0.4 is 9.47 Å². The molecule has 0 aliphatic rings. The Hall–Kier alpha value is -8.80. The van der Waals surface area contributed by atoms with Gasteiger partial charge >= 0.3 is 0 Å². The molecule has 0 aliphatic heterocycles. The second kappa shape index (κ2) is 14.9. The van der Waals surface area contributed by atoms with Crippen LogP contribution in [0.25, 0.3) is 93.6 Å². The highest BCUT2D eigenvalue weighted by Crippen LogP contribution is 2.42. The first-order valence-corrected chi connectivity index (χ1v) is 22.0. The fraction of sp³-hybridized carbons (Fsp3) is 0. The Kier molecular flexibility index (Phi) is 8.46. The van der Waals surface area contributed by atoms with Crippen molar-refractivity contribution in [2.75, 3.05) is 0 Å². The lowest BCUT2D eigenvalue weighted by atomic mass is 10.0. The molecule has 0 aliphatic carbocycles.